The molecular weight excluding hydrogens is 366 g/mol. The number of hydrogen-bond acceptors (Lipinski definition) is 6. The summed E-state index contributed by atoms with van der Waals surface area (Å²) >= 11 is 0. The van der Waals surface area contributed by atoms with Gasteiger partial charge in [0.25, 0.3) is 11.8 Å². The van der Waals surface area contributed by atoms with Crippen LogP contribution in [0.1, 0.15) is 36.0 Å². The highest BCUT2D eigenvalue weighted by Gasteiger charge is 2.27. The van der Waals surface area contributed by atoms with Crippen molar-refractivity contribution >= 4 is 35.3 Å². The average molecular weight is 387 g/mol. The molecule has 28 heavy (non-hydrogen) atoms. The fourth-order valence-corrected chi connectivity index (χ4v) is 3.15. The molecule has 1 N–H and O–H groups in total. The van der Waals surface area contributed by atoms with Crippen LogP contribution in [0.25, 0.3) is 0 Å². The third-order valence-corrected chi connectivity index (χ3v) is 4.64. The molecule has 2 heterocycles. The van der Waals surface area contributed by atoms with Gasteiger partial charge in [-0.25, -0.2) is 0 Å². The summed E-state index contributed by atoms with van der Waals surface area (Å²) in [6.07, 6.45) is 2.27. The van der Waals surface area contributed by atoms with Crippen LogP contribution in [0.4, 0.5) is 5.69 Å². The molecule has 4 amide bonds. The molecule has 0 radical (unpaired) electrons. The first-order valence-corrected chi connectivity index (χ1v) is 9.13. The third-order valence-electron chi connectivity index (χ3n) is 4.64. The first-order chi connectivity index (χ1) is 13.5. The zero-order chi connectivity index (χ0) is 20.1. The number of rotatable bonds is 6. The van der Waals surface area contributed by atoms with Crippen molar-refractivity contribution in [3.63, 3.8) is 0 Å². The van der Waals surface area contributed by atoms with Crippen LogP contribution < -0.4 is 10.2 Å². The summed E-state index contributed by atoms with van der Waals surface area (Å²) in [5.41, 5.74) is 1.07. The van der Waals surface area contributed by atoms with E-state index in [0.717, 1.165) is 17.0 Å². The van der Waals surface area contributed by atoms with Crippen LogP contribution in [0.15, 0.2) is 24.3 Å². The third kappa shape index (κ3) is 4.54. The van der Waals surface area contributed by atoms with Gasteiger partial charge in [-0.05, 0) is 37.1 Å². The molecule has 0 bridgehead atoms. The van der Waals surface area contributed by atoms with Crippen LogP contribution in [0.3, 0.4) is 0 Å². The summed E-state index contributed by atoms with van der Waals surface area (Å²) in [7, 11) is 0. The molecule has 2 aliphatic heterocycles. The number of anilines is 1. The van der Waals surface area contributed by atoms with Crippen molar-refractivity contribution in [3.05, 3.63) is 29.8 Å². The van der Waals surface area contributed by atoms with E-state index in [1.54, 1.807) is 29.2 Å². The van der Waals surface area contributed by atoms with E-state index in [1.165, 1.54) is 0 Å². The second-order valence-corrected chi connectivity index (χ2v) is 6.58. The number of imide groups is 1. The normalized spacial score (nSPS) is 16.4. The van der Waals surface area contributed by atoms with Crippen molar-refractivity contribution in [1.82, 2.24) is 10.2 Å². The lowest BCUT2D eigenvalue weighted by molar-refractivity contribution is -0.154. The van der Waals surface area contributed by atoms with Gasteiger partial charge in [-0.2, -0.15) is 0 Å². The highest BCUT2D eigenvalue weighted by Crippen LogP contribution is 2.21. The number of amides is 4. The Morgan fingerprint density at radius 1 is 0.964 bits per heavy atom. The molecule has 0 aromatic heterocycles. The number of carbonyl (C=O) groups is 5. The van der Waals surface area contributed by atoms with Crippen LogP contribution in [0, 0.1) is 0 Å². The summed E-state index contributed by atoms with van der Waals surface area (Å²) in [5, 5.41) is 2.41. The molecule has 2 saturated heterocycles. The minimum Gasteiger partial charge on any atom is -0.454 e. The van der Waals surface area contributed by atoms with Gasteiger partial charge >= 0.3 is 5.97 Å². The van der Waals surface area contributed by atoms with E-state index in [-0.39, 0.29) is 11.8 Å². The highest BCUT2D eigenvalue weighted by molar-refractivity contribution is 5.99. The van der Waals surface area contributed by atoms with E-state index in [1.807, 2.05) is 0 Å². The van der Waals surface area contributed by atoms with E-state index in [9.17, 15) is 24.0 Å². The Kier molecular flexibility index (Phi) is 6.03. The minimum atomic E-state index is -0.771. The Balaban J connectivity index is 1.43. The van der Waals surface area contributed by atoms with Gasteiger partial charge in [0.15, 0.2) is 6.61 Å². The van der Waals surface area contributed by atoms with Gasteiger partial charge in [0, 0.05) is 37.2 Å². The molecule has 0 atom stereocenters. The maximum atomic E-state index is 12.1. The summed E-state index contributed by atoms with van der Waals surface area (Å²) < 4.78 is 4.81. The molecule has 2 fully saturated rings. The second-order valence-electron chi connectivity index (χ2n) is 6.58. The fraction of sp³-hybridized carbons (Fsp3) is 0.421. The second kappa shape index (κ2) is 8.64. The maximum Gasteiger partial charge on any atom is 0.325 e. The molecule has 1 aromatic rings. The molecule has 3 rings (SSSR count). The van der Waals surface area contributed by atoms with Gasteiger partial charge in [0.1, 0.15) is 6.54 Å². The molecule has 0 saturated carbocycles. The molecule has 0 aliphatic carbocycles. The molecule has 9 heteroatoms. The number of nitrogens with zero attached hydrogens (tertiary/aromatic N) is 2. The standard InChI is InChI=1S/C19H21N3O6/c23-15-3-1-9-21(15)14-7-5-13(6-8-14)19(27)20-11-18(26)28-12-17(25)22-10-2-4-16(22)24/h5-8H,1-4,9-12H2,(H,20,27). The van der Waals surface area contributed by atoms with Crippen LogP contribution in [-0.2, 0) is 23.9 Å². The average Bonchev–Trinajstić information content (AvgIpc) is 3.32. The number of hydrogen-bond donors (Lipinski definition) is 1. The Morgan fingerprint density at radius 3 is 2.25 bits per heavy atom. The van der Waals surface area contributed by atoms with Crippen LogP contribution in [-0.4, -0.2) is 60.7 Å². The van der Waals surface area contributed by atoms with Gasteiger partial charge < -0.3 is 15.0 Å². The van der Waals surface area contributed by atoms with Crippen molar-refractivity contribution < 1.29 is 28.7 Å². The monoisotopic (exact) mass is 387 g/mol. The molecule has 2 aliphatic rings. The number of likely N-dealkylation sites (tertiary alicyclic amines) is 1. The first kappa shape index (κ1) is 19.5. The Hall–Kier alpha value is -3.23. The topological polar surface area (TPSA) is 113 Å². The zero-order valence-corrected chi connectivity index (χ0v) is 15.3. The van der Waals surface area contributed by atoms with Crippen molar-refractivity contribution in [2.45, 2.75) is 25.7 Å². The van der Waals surface area contributed by atoms with E-state index in [0.29, 0.717) is 37.9 Å². The summed E-state index contributed by atoms with van der Waals surface area (Å²) in [4.78, 5) is 61.5. The SMILES string of the molecule is O=C(CNC(=O)c1ccc(N2CCCC2=O)cc1)OCC(=O)N1CCCC1=O. The van der Waals surface area contributed by atoms with Gasteiger partial charge in [0.05, 0.1) is 0 Å². The summed E-state index contributed by atoms with van der Waals surface area (Å²) in [6.45, 7) is 0.0777. The maximum absolute atomic E-state index is 12.1. The zero-order valence-electron chi connectivity index (χ0n) is 15.3. The van der Waals surface area contributed by atoms with Crippen molar-refractivity contribution in [2.24, 2.45) is 0 Å². The fourth-order valence-electron chi connectivity index (χ4n) is 3.15. The van der Waals surface area contributed by atoms with E-state index in [2.05, 4.69) is 5.32 Å². The lowest BCUT2D eigenvalue weighted by Crippen LogP contribution is -2.37. The molecule has 0 unspecified atom stereocenters. The van der Waals surface area contributed by atoms with Crippen molar-refractivity contribution in [1.29, 1.82) is 0 Å². The Labute approximate surface area is 161 Å². The van der Waals surface area contributed by atoms with Crippen molar-refractivity contribution in [2.75, 3.05) is 31.1 Å². The van der Waals surface area contributed by atoms with Crippen LogP contribution in [0.5, 0.6) is 0 Å². The molecule has 9 nitrogen and oxygen atoms in total. The minimum absolute atomic E-state index is 0.0603. The molecule has 148 valence electrons. The van der Waals surface area contributed by atoms with Crippen LogP contribution >= 0.6 is 0 Å². The highest BCUT2D eigenvalue weighted by atomic mass is 16.5. The largest absolute Gasteiger partial charge is 0.454 e. The van der Waals surface area contributed by atoms with Gasteiger partial charge in [-0.1, -0.05) is 0 Å². The molecular formula is C19H21N3O6. The predicted octanol–water partition coefficient (Wildman–Crippen LogP) is 0.235. The van der Waals surface area contributed by atoms with E-state index < -0.39 is 30.9 Å². The van der Waals surface area contributed by atoms with Crippen LogP contribution in [0.2, 0.25) is 0 Å². The quantitative estimate of drug-likeness (QED) is 0.700. The smallest absolute Gasteiger partial charge is 0.325 e. The van der Waals surface area contributed by atoms with E-state index in [4.69, 9.17) is 4.74 Å². The van der Waals surface area contributed by atoms with Gasteiger partial charge in [-0.15, -0.1) is 0 Å². The van der Waals surface area contributed by atoms with Crippen molar-refractivity contribution in [3.8, 4) is 0 Å². The summed E-state index contributed by atoms with van der Waals surface area (Å²) in [5.74, 6) is -2.02. The number of esters is 1. The first-order valence-electron chi connectivity index (χ1n) is 9.13. The lowest BCUT2D eigenvalue weighted by Gasteiger charge is -2.16. The predicted molar refractivity (Wildman–Crippen MR) is 97.3 cm³/mol. The number of ether oxygens (including phenoxy) is 1. The molecule has 1 aromatic carbocycles. The lowest BCUT2D eigenvalue weighted by atomic mass is 10.2. The number of nitrogens with one attached hydrogen (secondary N) is 1. The van der Waals surface area contributed by atoms with Gasteiger partial charge in [0.2, 0.25) is 11.8 Å². The number of carbonyl (C=O) groups excluding carboxylic acids is 5. The van der Waals surface area contributed by atoms with Gasteiger partial charge in [-0.3, -0.25) is 28.9 Å². The Morgan fingerprint density at radius 2 is 1.64 bits per heavy atom. The summed E-state index contributed by atoms with van der Waals surface area (Å²) in [6, 6.07) is 6.51. The molecule has 0 spiro atoms. The number of benzene rings is 1. The Bertz CT molecular complexity index is 804. The van der Waals surface area contributed by atoms with E-state index >= 15 is 0 Å².